The van der Waals surface area contributed by atoms with Crippen LogP contribution in [0.4, 0.5) is 0 Å². The lowest BCUT2D eigenvalue weighted by molar-refractivity contribution is 0.0791. The molecule has 1 aliphatic heterocycles. The Hall–Kier alpha value is -2.83. The number of ketones is 1. The van der Waals surface area contributed by atoms with Crippen LogP contribution in [-0.2, 0) is 0 Å². The van der Waals surface area contributed by atoms with Crippen LogP contribution in [0.25, 0.3) is 0 Å². The molecule has 1 aromatic heterocycles. The maximum absolute atomic E-state index is 12.7. The van der Waals surface area contributed by atoms with Crippen molar-refractivity contribution in [3.8, 4) is 11.5 Å². The Morgan fingerprint density at radius 3 is 2.84 bits per heavy atom. The Bertz CT molecular complexity index is 825. The largest absolute Gasteiger partial charge is 0.493 e. The van der Waals surface area contributed by atoms with E-state index in [1.807, 2.05) is 13.8 Å². The van der Waals surface area contributed by atoms with Gasteiger partial charge < -0.3 is 19.3 Å². The van der Waals surface area contributed by atoms with Crippen molar-refractivity contribution in [1.29, 1.82) is 0 Å². The number of aryl methyl sites for hydroxylation is 1. The summed E-state index contributed by atoms with van der Waals surface area (Å²) in [4.78, 5) is 25.4. The molecule has 2 aromatic rings. The van der Waals surface area contributed by atoms with Gasteiger partial charge in [0.1, 0.15) is 18.2 Å². The molecule has 0 radical (unpaired) electrons. The Kier molecular flexibility index (Phi) is 4.48. The molecule has 7 heteroatoms. The highest BCUT2D eigenvalue weighted by Gasteiger charge is 2.33. The van der Waals surface area contributed by atoms with Crippen LogP contribution in [0.15, 0.2) is 22.7 Å². The van der Waals surface area contributed by atoms with Gasteiger partial charge in [-0.3, -0.25) is 9.59 Å². The lowest BCUT2D eigenvalue weighted by Gasteiger charge is -2.26. The van der Waals surface area contributed by atoms with Crippen LogP contribution in [0, 0.1) is 6.92 Å². The first-order valence-corrected chi connectivity index (χ1v) is 8.05. The van der Waals surface area contributed by atoms with Gasteiger partial charge in [-0.25, -0.2) is 0 Å². The van der Waals surface area contributed by atoms with Gasteiger partial charge >= 0.3 is 0 Å². The third-order valence-corrected chi connectivity index (χ3v) is 4.12. The fourth-order valence-electron chi connectivity index (χ4n) is 2.84. The van der Waals surface area contributed by atoms with Gasteiger partial charge in [0.05, 0.1) is 18.4 Å². The Morgan fingerprint density at radius 2 is 2.16 bits per heavy atom. The smallest absolute Gasteiger partial charge is 0.257 e. The molecule has 1 amide bonds. The zero-order valence-electron chi connectivity index (χ0n) is 14.6. The number of benzene rings is 1. The molecule has 1 atom stereocenters. The Balaban J connectivity index is 1.84. The van der Waals surface area contributed by atoms with Gasteiger partial charge in [-0.2, -0.15) is 0 Å². The first-order chi connectivity index (χ1) is 11.9. The van der Waals surface area contributed by atoms with E-state index in [9.17, 15) is 9.59 Å². The summed E-state index contributed by atoms with van der Waals surface area (Å²) in [5.74, 6) is 0.799. The molecule has 2 heterocycles. The van der Waals surface area contributed by atoms with Crippen LogP contribution in [0.3, 0.4) is 0 Å². The standard InChI is InChI=1S/C18H20N2O5/c1-9(2)16-14(10(3)20-25-16)18(22)19-12-8-24-17-11(15(12)21)6-5-7-13(17)23-4/h5-7,9,12H,8H2,1-4H3,(H,19,22). The summed E-state index contributed by atoms with van der Waals surface area (Å²) >= 11 is 0. The van der Waals surface area contributed by atoms with Crippen LogP contribution in [0.5, 0.6) is 11.5 Å². The molecule has 0 aliphatic carbocycles. The quantitative estimate of drug-likeness (QED) is 0.916. The van der Waals surface area contributed by atoms with Crippen molar-refractivity contribution in [3.63, 3.8) is 0 Å². The molecule has 1 unspecified atom stereocenters. The third-order valence-electron chi connectivity index (χ3n) is 4.12. The normalized spacial score (nSPS) is 16.4. The van der Waals surface area contributed by atoms with Crippen LogP contribution in [0.1, 0.15) is 51.9 Å². The van der Waals surface area contributed by atoms with Gasteiger partial charge in [-0.05, 0) is 19.1 Å². The van der Waals surface area contributed by atoms with E-state index in [2.05, 4.69) is 10.5 Å². The second-order valence-corrected chi connectivity index (χ2v) is 6.20. The molecule has 0 saturated heterocycles. The van der Waals surface area contributed by atoms with Crippen LogP contribution in [-0.4, -0.2) is 36.6 Å². The Labute approximate surface area is 145 Å². The van der Waals surface area contributed by atoms with Gasteiger partial charge in [-0.1, -0.05) is 25.1 Å². The number of amides is 1. The molecular weight excluding hydrogens is 324 g/mol. The summed E-state index contributed by atoms with van der Waals surface area (Å²) in [7, 11) is 1.51. The van der Waals surface area contributed by atoms with Crippen molar-refractivity contribution in [1.82, 2.24) is 10.5 Å². The molecule has 25 heavy (non-hydrogen) atoms. The molecule has 1 aliphatic rings. The number of hydrogen-bond acceptors (Lipinski definition) is 6. The average Bonchev–Trinajstić information content (AvgIpc) is 2.99. The SMILES string of the molecule is COc1cccc2c1OCC(NC(=O)c1c(C)noc1C(C)C)C2=O. The number of Topliss-reactive ketones (excluding diaryl/α,β-unsaturated/α-hetero) is 1. The number of carbonyl (C=O) groups is 2. The first kappa shape index (κ1) is 17.0. The van der Waals surface area contributed by atoms with E-state index in [4.69, 9.17) is 14.0 Å². The molecule has 1 N–H and O–H groups in total. The van der Waals surface area contributed by atoms with Crippen molar-refractivity contribution in [2.45, 2.75) is 32.7 Å². The summed E-state index contributed by atoms with van der Waals surface area (Å²) in [6.07, 6.45) is 0. The number of nitrogens with one attached hydrogen (secondary N) is 1. The highest BCUT2D eigenvalue weighted by molar-refractivity contribution is 6.07. The molecule has 0 fully saturated rings. The molecule has 132 valence electrons. The van der Waals surface area contributed by atoms with E-state index in [0.29, 0.717) is 34.1 Å². The number of hydrogen-bond donors (Lipinski definition) is 1. The van der Waals surface area contributed by atoms with Crippen molar-refractivity contribution in [2.75, 3.05) is 13.7 Å². The lowest BCUT2D eigenvalue weighted by atomic mass is 9.99. The molecule has 7 nitrogen and oxygen atoms in total. The molecular formula is C18H20N2O5. The van der Waals surface area contributed by atoms with Gasteiger partial charge in [-0.15, -0.1) is 0 Å². The van der Waals surface area contributed by atoms with Gasteiger partial charge in [0.2, 0.25) is 0 Å². The first-order valence-electron chi connectivity index (χ1n) is 8.05. The minimum absolute atomic E-state index is 0.00486. The van der Waals surface area contributed by atoms with Crippen molar-refractivity contribution >= 4 is 11.7 Å². The van der Waals surface area contributed by atoms with E-state index >= 15 is 0 Å². The number of aromatic nitrogens is 1. The fraction of sp³-hybridized carbons (Fsp3) is 0.389. The topological polar surface area (TPSA) is 90.7 Å². The minimum Gasteiger partial charge on any atom is -0.493 e. The molecule has 0 saturated carbocycles. The summed E-state index contributed by atoms with van der Waals surface area (Å²) in [6.45, 7) is 5.56. The van der Waals surface area contributed by atoms with Gasteiger partial charge in [0, 0.05) is 5.92 Å². The third kappa shape index (κ3) is 2.97. The second-order valence-electron chi connectivity index (χ2n) is 6.20. The summed E-state index contributed by atoms with van der Waals surface area (Å²) in [5.41, 5.74) is 1.26. The number of carbonyl (C=O) groups excluding carboxylic acids is 2. The number of nitrogens with zero attached hydrogens (tertiary/aromatic N) is 1. The number of ether oxygens (including phenoxy) is 2. The van der Waals surface area contributed by atoms with E-state index in [0.717, 1.165) is 0 Å². The maximum Gasteiger partial charge on any atom is 0.257 e. The van der Waals surface area contributed by atoms with Crippen LogP contribution < -0.4 is 14.8 Å². The van der Waals surface area contributed by atoms with E-state index in [-0.39, 0.29) is 18.3 Å². The van der Waals surface area contributed by atoms with E-state index < -0.39 is 11.9 Å². The monoisotopic (exact) mass is 344 g/mol. The highest BCUT2D eigenvalue weighted by atomic mass is 16.5. The van der Waals surface area contributed by atoms with Crippen LogP contribution in [0.2, 0.25) is 0 Å². The van der Waals surface area contributed by atoms with Crippen molar-refractivity contribution < 1.29 is 23.6 Å². The Morgan fingerprint density at radius 1 is 1.40 bits per heavy atom. The minimum atomic E-state index is -0.776. The fourth-order valence-corrected chi connectivity index (χ4v) is 2.84. The van der Waals surface area contributed by atoms with E-state index in [1.165, 1.54) is 7.11 Å². The number of fused-ring (bicyclic) bond motifs is 1. The average molecular weight is 344 g/mol. The molecule has 0 bridgehead atoms. The second kappa shape index (κ2) is 6.58. The maximum atomic E-state index is 12.7. The van der Waals surface area contributed by atoms with Crippen LogP contribution >= 0.6 is 0 Å². The number of methoxy groups -OCH3 is 1. The molecule has 0 spiro atoms. The highest BCUT2D eigenvalue weighted by Crippen LogP contribution is 2.34. The zero-order valence-corrected chi connectivity index (χ0v) is 14.6. The molecule has 1 aromatic carbocycles. The predicted molar refractivity (Wildman–Crippen MR) is 89.4 cm³/mol. The lowest BCUT2D eigenvalue weighted by Crippen LogP contribution is -2.47. The summed E-state index contributed by atoms with van der Waals surface area (Å²) in [6, 6.07) is 4.31. The number of para-hydroxylation sites is 1. The van der Waals surface area contributed by atoms with Gasteiger partial charge in [0.15, 0.2) is 23.0 Å². The van der Waals surface area contributed by atoms with Crippen molar-refractivity contribution in [2.24, 2.45) is 0 Å². The van der Waals surface area contributed by atoms with Crippen molar-refractivity contribution in [3.05, 3.63) is 40.8 Å². The van der Waals surface area contributed by atoms with Gasteiger partial charge in [0.25, 0.3) is 5.91 Å². The predicted octanol–water partition coefficient (Wildman–Crippen LogP) is 2.49. The zero-order chi connectivity index (χ0) is 18.1. The summed E-state index contributed by atoms with van der Waals surface area (Å²) < 4.78 is 16.1. The number of rotatable bonds is 4. The summed E-state index contributed by atoms with van der Waals surface area (Å²) in [5, 5.41) is 6.59. The van der Waals surface area contributed by atoms with E-state index in [1.54, 1.807) is 25.1 Å². The molecule has 3 rings (SSSR count).